The fourth-order valence-electron chi connectivity index (χ4n) is 13.6. The lowest BCUT2D eigenvalue weighted by molar-refractivity contribution is -0.0193. The van der Waals surface area contributed by atoms with E-state index < -0.39 is 0 Å². The standard InChI is InChI=1S/C54H43NS/c1-33-27-40(55(39-23-21-36(22-24-39)35-11-3-2-4-12-35)48-19-10-17-46-43-14-6-8-20-49(43)56-52(46)48)25-26-41(33)44-15-9-16-45-42-13-5-7-18-47(42)54(51(44)45)38-29-34-28-37-30-50(54)53(37,31-34)32-38/h2-27,34,37-38,50H,28-32H2,1H3. The molecule has 8 aromatic rings. The molecule has 2 heteroatoms. The first-order chi connectivity index (χ1) is 27.6. The summed E-state index contributed by atoms with van der Waals surface area (Å²) in [6, 6.07) is 59.8. The molecule has 1 heterocycles. The Morgan fingerprint density at radius 3 is 2.12 bits per heavy atom. The van der Waals surface area contributed by atoms with E-state index in [-0.39, 0.29) is 5.41 Å². The number of benzene rings is 7. The second-order valence-electron chi connectivity index (χ2n) is 17.8. The van der Waals surface area contributed by atoms with Crippen LogP contribution in [0.2, 0.25) is 0 Å². The van der Waals surface area contributed by atoms with Crippen molar-refractivity contribution in [2.24, 2.45) is 29.1 Å². The number of fused-ring (bicyclic) bond motifs is 12. The van der Waals surface area contributed by atoms with Crippen LogP contribution >= 0.6 is 11.3 Å². The third-order valence-corrected chi connectivity index (χ3v) is 16.7. The lowest BCUT2D eigenvalue weighted by Gasteiger charge is -2.54. The predicted octanol–water partition coefficient (Wildman–Crippen LogP) is 14.9. The van der Waals surface area contributed by atoms with Crippen molar-refractivity contribution in [3.8, 4) is 33.4 Å². The first kappa shape index (κ1) is 31.7. The van der Waals surface area contributed by atoms with Crippen molar-refractivity contribution >= 4 is 48.6 Å². The van der Waals surface area contributed by atoms with Crippen molar-refractivity contribution in [1.29, 1.82) is 0 Å². The van der Waals surface area contributed by atoms with Crippen LogP contribution in [0.15, 0.2) is 158 Å². The van der Waals surface area contributed by atoms with E-state index >= 15 is 0 Å². The Morgan fingerprint density at radius 1 is 0.554 bits per heavy atom. The van der Waals surface area contributed by atoms with Gasteiger partial charge in [0, 0.05) is 32.3 Å². The van der Waals surface area contributed by atoms with Crippen LogP contribution in [-0.2, 0) is 5.41 Å². The maximum absolute atomic E-state index is 2.53. The van der Waals surface area contributed by atoms with Gasteiger partial charge in [-0.3, -0.25) is 0 Å². The second-order valence-corrected chi connectivity index (χ2v) is 18.9. The van der Waals surface area contributed by atoms with Gasteiger partial charge in [-0.2, -0.15) is 0 Å². The third-order valence-electron chi connectivity index (χ3n) is 15.5. The molecule has 0 N–H and O–H groups in total. The molecule has 56 heavy (non-hydrogen) atoms. The summed E-state index contributed by atoms with van der Waals surface area (Å²) in [5.41, 5.74) is 17.3. The molecule has 3 bridgehead atoms. The number of anilines is 3. The lowest BCUT2D eigenvalue weighted by Crippen LogP contribution is -2.50. The number of hydrogen-bond donors (Lipinski definition) is 0. The van der Waals surface area contributed by atoms with E-state index in [1.165, 1.54) is 108 Å². The zero-order chi connectivity index (χ0) is 36.8. The van der Waals surface area contributed by atoms with Gasteiger partial charge in [-0.25, -0.2) is 0 Å². The predicted molar refractivity (Wildman–Crippen MR) is 235 cm³/mol. The molecule has 4 fully saturated rings. The molecular weight excluding hydrogens is 695 g/mol. The molecule has 6 atom stereocenters. The van der Waals surface area contributed by atoms with Crippen LogP contribution in [0.25, 0.3) is 53.6 Å². The minimum absolute atomic E-state index is 0.142. The molecule has 0 aliphatic heterocycles. The molecule has 5 aliphatic carbocycles. The van der Waals surface area contributed by atoms with Crippen molar-refractivity contribution in [3.05, 3.63) is 174 Å². The Labute approximate surface area is 333 Å². The molecule has 2 spiro atoms. The molecular formula is C54H43NS. The quantitative estimate of drug-likeness (QED) is 0.170. The number of rotatable bonds is 5. The zero-order valence-electron chi connectivity index (χ0n) is 31.7. The molecule has 0 radical (unpaired) electrons. The molecule has 5 aliphatic rings. The maximum atomic E-state index is 2.53. The summed E-state index contributed by atoms with van der Waals surface area (Å²) in [5.74, 6) is 3.42. The number of thiophene rings is 1. The van der Waals surface area contributed by atoms with Crippen LogP contribution in [0, 0.1) is 36.0 Å². The van der Waals surface area contributed by atoms with Crippen molar-refractivity contribution in [2.75, 3.05) is 4.90 Å². The highest BCUT2D eigenvalue weighted by Crippen LogP contribution is 2.83. The van der Waals surface area contributed by atoms with Crippen LogP contribution in [0.1, 0.15) is 48.8 Å². The largest absolute Gasteiger partial charge is 0.309 e. The van der Waals surface area contributed by atoms with Crippen molar-refractivity contribution in [3.63, 3.8) is 0 Å². The summed E-state index contributed by atoms with van der Waals surface area (Å²) < 4.78 is 2.65. The van der Waals surface area contributed by atoms with E-state index in [0.717, 1.165) is 23.7 Å². The third kappa shape index (κ3) is 4.01. The zero-order valence-corrected chi connectivity index (χ0v) is 32.5. The van der Waals surface area contributed by atoms with Gasteiger partial charge in [0.05, 0.1) is 10.4 Å². The molecule has 0 saturated heterocycles. The van der Waals surface area contributed by atoms with Crippen LogP contribution in [-0.4, -0.2) is 0 Å². The van der Waals surface area contributed by atoms with Gasteiger partial charge in [0.2, 0.25) is 0 Å². The fraction of sp³-hybridized carbons (Fsp3) is 0.222. The van der Waals surface area contributed by atoms with Gasteiger partial charge >= 0.3 is 0 Å². The van der Waals surface area contributed by atoms with E-state index in [1.807, 2.05) is 11.3 Å². The van der Waals surface area contributed by atoms with E-state index in [9.17, 15) is 0 Å². The van der Waals surface area contributed by atoms with Crippen molar-refractivity contribution in [1.82, 2.24) is 0 Å². The number of hydrogen-bond acceptors (Lipinski definition) is 2. The average molecular weight is 738 g/mol. The summed E-state index contributed by atoms with van der Waals surface area (Å²) in [4.78, 5) is 2.50. The van der Waals surface area contributed by atoms with Gasteiger partial charge in [0.25, 0.3) is 0 Å². The highest BCUT2D eigenvalue weighted by molar-refractivity contribution is 7.26. The monoisotopic (exact) mass is 737 g/mol. The lowest BCUT2D eigenvalue weighted by atomic mass is 9.49. The number of aryl methyl sites for hydroxylation is 1. The van der Waals surface area contributed by atoms with Gasteiger partial charge in [-0.1, -0.05) is 121 Å². The summed E-state index contributed by atoms with van der Waals surface area (Å²) in [5, 5.41) is 2.65. The highest BCUT2D eigenvalue weighted by atomic mass is 32.1. The Bertz CT molecular complexity index is 2900. The van der Waals surface area contributed by atoms with Crippen molar-refractivity contribution in [2.45, 2.75) is 44.4 Å². The Hall–Kier alpha value is -5.44. The average Bonchev–Trinajstić information content (AvgIpc) is 3.87. The van der Waals surface area contributed by atoms with Crippen LogP contribution < -0.4 is 4.90 Å². The molecule has 4 saturated carbocycles. The Kier molecular flexibility index (Phi) is 6.42. The first-order valence-electron chi connectivity index (χ1n) is 20.8. The Morgan fingerprint density at radius 2 is 1.25 bits per heavy atom. The molecule has 270 valence electrons. The van der Waals surface area contributed by atoms with Crippen LogP contribution in [0.5, 0.6) is 0 Å². The van der Waals surface area contributed by atoms with Gasteiger partial charge in [0.15, 0.2) is 0 Å². The molecule has 0 amide bonds. The van der Waals surface area contributed by atoms with Gasteiger partial charge in [-0.05, 0) is 155 Å². The minimum Gasteiger partial charge on any atom is -0.309 e. The summed E-state index contributed by atoms with van der Waals surface area (Å²) in [6.07, 6.45) is 7.27. The van der Waals surface area contributed by atoms with Gasteiger partial charge in [0.1, 0.15) is 0 Å². The van der Waals surface area contributed by atoms with E-state index in [0.29, 0.717) is 5.41 Å². The normalized spacial score (nSPS) is 26.1. The molecule has 13 rings (SSSR count). The summed E-state index contributed by atoms with van der Waals surface area (Å²) in [7, 11) is 0. The van der Waals surface area contributed by atoms with Crippen LogP contribution in [0.3, 0.4) is 0 Å². The van der Waals surface area contributed by atoms with Gasteiger partial charge < -0.3 is 4.90 Å². The Balaban J connectivity index is 0.986. The minimum atomic E-state index is 0.142. The van der Waals surface area contributed by atoms with E-state index in [1.54, 1.807) is 11.1 Å². The second kappa shape index (κ2) is 11.3. The van der Waals surface area contributed by atoms with E-state index in [4.69, 9.17) is 0 Å². The first-order valence-corrected chi connectivity index (χ1v) is 21.6. The van der Waals surface area contributed by atoms with E-state index in [2.05, 4.69) is 170 Å². The van der Waals surface area contributed by atoms with Crippen molar-refractivity contribution < 1.29 is 0 Å². The number of nitrogens with zero attached hydrogens (tertiary/aromatic N) is 1. The SMILES string of the molecule is Cc1cc(N(c2ccc(-c3ccccc3)cc2)c2cccc3c2sc2ccccc23)ccc1-c1cccc2c1C1(c3ccccc3-2)C2CC3CC4CC1C4(C3)C2. The fourth-order valence-corrected chi connectivity index (χ4v) is 14.8. The van der Waals surface area contributed by atoms with Crippen LogP contribution in [0.4, 0.5) is 17.1 Å². The maximum Gasteiger partial charge on any atom is 0.0640 e. The van der Waals surface area contributed by atoms with Gasteiger partial charge in [-0.15, -0.1) is 11.3 Å². The molecule has 7 aromatic carbocycles. The molecule has 6 unspecified atom stereocenters. The highest BCUT2D eigenvalue weighted by Gasteiger charge is 2.77. The molecule has 1 aromatic heterocycles. The smallest absolute Gasteiger partial charge is 0.0640 e. The summed E-state index contributed by atoms with van der Waals surface area (Å²) >= 11 is 1.90. The topological polar surface area (TPSA) is 3.24 Å². The molecule has 1 nitrogen and oxygen atoms in total. The summed E-state index contributed by atoms with van der Waals surface area (Å²) in [6.45, 7) is 2.36.